The lowest BCUT2D eigenvalue weighted by molar-refractivity contribution is -0.272. The van der Waals surface area contributed by atoms with Crippen molar-refractivity contribution in [2.75, 3.05) is 12.4 Å². The smallest absolute Gasteiger partial charge is 0.417 e. The predicted molar refractivity (Wildman–Crippen MR) is 113 cm³/mol. The van der Waals surface area contributed by atoms with E-state index in [-0.39, 0.29) is 11.4 Å². The zero-order valence-corrected chi connectivity index (χ0v) is 19.8. The van der Waals surface area contributed by atoms with Gasteiger partial charge in [-0.25, -0.2) is 14.2 Å². The maximum absolute atomic E-state index is 14.5. The standard InChI is InChI=1S/C23H21F7N2O5/c1-9-8-31-14(20(34)35-4)7-13(9)32-19(33)18-15(10(2)22(3,37-18)23(28,29)30)11-5-6-12(24)16(25)17(11)36-21(26)27/h5-8,10,15,18,21H,1-4H3,(H,31,32,33)/t10-,15?,18+,22+/m0/s1. The maximum Gasteiger partial charge on any atom is 0.417 e. The van der Waals surface area contributed by atoms with Gasteiger partial charge in [-0.1, -0.05) is 13.0 Å². The predicted octanol–water partition coefficient (Wildman–Crippen LogP) is 5.13. The number of rotatable bonds is 6. The molecule has 1 saturated heterocycles. The molecule has 0 radical (unpaired) electrons. The van der Waals surface area contributed by atoms with Gasteiger partial charge in [0.2, 0.25) is 5.82 Å². The van der Waals surface area contributed by atoms with Gasteiger partial charge in [-0.3, -0.25) is 4.79 Å². The summed E-state index contributed by atoms with van der Waals surface area (Å²) in [5.41, 5.74) is -3.57. The number of aryl methyl sites for hydroxylation is 1. The number of carbonyl (C=O) groups is 2. The fourth-order valence-corrected chi connectivity index (χ4v) is 4.12. The number of hydrogen-bond acceptors (Lipinski definition) is 6. The van der Waals surface area contributed by atoms with Gasteiger partial charge in [0.05, 0.1) is 7.11 Å². The normalized spacial score (nSPS) is 23.7. The van der Waals surface area contributed by atoms with E-state index in [1.807, 2.05) is 0 Å². The van der Waals surface area contributed by atoms with Crippen LogP contribution in [0.2, 0.25) is 0 Å². The van der Waals surface area contributed by atoms with Crippen molar-refractivity contribution in [3.8, 4) is 5.75 Å². The summed E-state index contributed by atoms with van der Waals surface area (Å²) < 4.78 is 110. The van der Waals surface area contributed by atoms with Crippen molar-refractivity contribution < 1.29 is 54.5 Å². The van der Waals surface area contributed by atoms with Crippen molar-refractivity contribution in [2.24, 2.45) is 5.92 Å². The molecule has 1 aromatic heterocycles. The second-order valence-corrected chi connectivity index (χ2v) is 8.48. The number of nitrogens with zero attached hydrogens (tertiary/aromatic N) is 1. The first-order chi connectivity index (χ1) is 17.1. The third-order valence-corrected chi connectivity index (χ3v) is 6.33. The number of nitrogens with one attached hydrogen (secondary N) is 1. The van der Waals surface area contributed by atoms with E-state index < -0.39 is 71.2 Å². The average Bonchev–Trinajstić information content (AvgIpc) is 3.09. The Morgan fingerprint density at radius 1 is 1.22 bits per heavy atom. The first kappa shape index (κ1) is 28.2. The monoisotopic (exact) mass is 538 g/mol. The Balaban J connectivity index is 2.12. The molecular formula is C23H21F7N2O5. The largest absolute Gasteiger partial charge is 0.464 e. The van der Waals surface area contributed by atoms with Gasteiger partial charge in [-0.05, 0) is 31.5 Å². The molecule has 0 aliphatic carbocycles. The maximum atomic E-state index is 14.5. The molecule has 37 heavy (non-hydrogen) atoms. The molecule has 3 rings (SSSR count). The Kier molecular flexibility index (Phi) is 7.72. The second kappa shape index (κ2) is 10.1. The molecule has 2 aromatic rings. The number of methoxy groups -OCH3 is 1. The number of ether oxygens (including phenoxy) is 3. The van der Waals surface area contributed by atoms with Gasteiger partial charge in [-0.2, -0.15) is 26.3 Å². The Morgan fingerprint density at radius 2 is 1.86 bits per heavy atom. The summed E-state index contributed by atoms with van der Waals surface area (Å²) in [6.07, 6.45) is -5.88. The zero-order valence-electron chi connectivity index (χ0n) is 19.8. The van der Waals surface area contributed by atoms with Crippen LogP contribution in [0.1, 0.15) is 41.4 Å². The molecule has 1 aliphatic heterocycles. The van der Waals surface area contributed by atoms with Crippen LogP contribution < -0.4 is 10.1 Å². The van der Waals surface area contributed by atoms with Crippen molar-refractivity contribution in [1.82, 2.24) is 4.98 Å². The summed E-state index contributed by atoms with van der Waals surface area (Å²) in [5.74, 6) is -10.2. The first-order valence-electron chi connectivity index (χ1n) is 10.7. The van der Waals surface area contributed by atoms with Gasteiger partial charge in [0, 0.05) is 29.3 Å². The molecule has 1 N–H and O–H groups in total. The van der Waals surface area contributed by atoms with E-state index in [9.17, 15) is 40.3 Å². The van der Waals surface area contributed by atoms with E-state index >= 15 is 0 Å². The summed E-state index contributed by atoms with van der Waals surface area (Å²) in [4.78, 5) is 28.9. The number of esters is 1. The number of aromatic nitrogens is 1. The number of carbonyl (C=O) groups excluding carboxylic acids is 2. The van der Waals surface area contributed by atoms with Crippen LogP contribution in [-0.4, -0.2) is 48.5 Å². The van der Waals surface area contributed by atoms with Gasteiger partial charge in [0.1, 0.15) is 11.8 Å². The van der Waals surface area contributed by atoms with E-state index in [2.05, 4.69) is 19.8 Å². The number of amides is 1. The Hall–Kier alpha value is -3.42. The molecule has 1 aromatic carbocycles. The van der Waals surface area contributed by atoms with Crippen molar-refractivity contribution in [2.45, 2.75) is 51.2 Å². The highest BCUT2D eigenvalue weighted by Crippen LogP contribution is 2.55. The molecule has 2 heterocycles. The van der Waals surface area contributed by atoms with Crippen LogP contribution in [0.4, 0.5) is 36.4 Å². The van der Waals surface area contributed by atoms with Crippen LogP contribution in [0.3, 0.4) is 0 Å². The lowest BCUT2D eigenvalue weighted by atomic mass is 9.77. The molecule has 1 fully saturated rings. The molecule has 1 unspecified atom stereocenters. The molecule has 7 nitrogen and oxygen atoms in total. The summed E-state index contributed by atoms with van der Waals surface area (Å²) in [7, 11) is 1.08. The van der Waals surface area contributed by atoms with E-state index in [1.165, 1.54) is 13.1 Å². The quantitative estimate of drug-likeness (QED) is 0.405. The van der Waals surface area contributed by atoms with Crippen LogP contribution in [0, 0.1) is 24.5 Å². The molecule has 14 heteroatoms. The number of benzene rings is 1. The lowest BCUT2D eigenvalue weighted by Gasteiger charge is -2.32. The van der Waals surface area contributed by atoms with Gasteiger partial charge in [0.15, 0.2) is 17.2 Å². The molecule has 202 valence electrons. The second-order valence-electron chi connectivity index (χ2n) is 8.48. The first-order valence-corrected chi connectivity index (χ1v) is 10.7. The topological polar surface area (TPSA) is 86.8 Å². The SMILES string of the molecule is COC(=O)c1cc(NC(=O)[C@@H]2O[C@@](C)(C(F)(F)F)[C@@H](C)C2c2ccc(F)c(F)c2OC(F)F)c(C)cn1. The molecular weight excluding hydrogens is 517 g/mol. The van der Waals surface area contributed by atoms with Crippen molar-refractivity contribution in [1.29, 1.82) is 0 Å². The highest BCUT2D eigenvalue weighted by Gasteiger charge is 2.66. The number of pyridine rings is 1. The minimum atomic E-state index is -5.05. The molecule has 0 spiro atoms. The summed E-state index contributed by atoms with van der Waals surface area (Å²) in [6.45, 7) is -0.488. The minimum Gasteiger partial charge on any atom is -0.464 e. The van der Waals surface area contributed by atoms with Crippen molar-refractivity contribution in [3.63, 3.8) is 0 Å². The third kappa shape index (κ3) is 5.20. The highest BCUT2D eigenvalue weighted by molar-refractivity contribution is 5.97. The fourth-order valence-electron chi connectivity index (χ4n) is 4.12. The van der Waals surface area contributed by atoms with E-state index in [1.54, 1.807) is 0 Å². The average molecular weight is 538 g/mol. The minimum absolute atomic E-state index is 0.0367. The van der Waals surface area contributed by atoms with Gasteiger partial charge >= 0.3 is 18.8 Å². The third-order valence-electron chi connectivity index (χ3n) is 6.33. The lowest BCUT2D eigenvalue weighted by Crippen LogP contribution is -2.47. The van der Waals surface area contributed by atoms with Crippen LogP contribution in [0.15, 0.2) is 24.4 Å². The van der Waals surface area contributed by atoms with Gasteiger partial charge in [0.25, 0.3) is 5.91 Å². The highest BCUT2D eigenvalue weighted by atomic mass is 19.4. The Bertz CT molecular complexity index is 1210. The van der Waals surface area contributed by atoms with Crippen molar-refractivity contribution in [3.05, 3.63) is 52.9 Å². The molecule has 0 saturated carbocycles. The van der Waals surface area contributed by atoms with Crippen LogP contribution in [0.25, 0.3) is 0 Å². The van der Waals surface area contributed by atoms with E-state index in [0.29, 0.717) is 18.6 Å². The number of alkyl halides is 5. The molecule has 0 bridgehead atoms. The number of hydrogen-bond donors (Lipinski definition) is 1. The Morgan fingerprint density at radius 3 is 2.43 bits per heavy atom. The van der Waals surface area contributed by atoms with E-state index in [4.69, 9.17) is 4.74 Å². The van der Waals surface area contributed by atoms with Gasteiger partial charge in [-0.15, -0.1) is 0 Å². The zero-order chi connectivity index (χ0) is 27.9. The van der Waals surface area contributed by atoms with Gasteiger partial charge < -0.3 is 19.5 Å². The molecule has 1 amide bonds. The van der Waals surface area contributed by atoms with E-state index in [0.717, 1.165) is 26.2 Å². The molecule has 4 atom stereocenters. The van der Waals surface area contributed by atoms with Crippen molar-refractivity contribution >= 4 is 17.6 Å². The van der Waals surface area contributed by atoms with Crippen LogP contribution in [-0.2, 0) is 14.3 Å². The van der Waals surface area contributed by atoms with Crippen LogP contribution in [0.5, 0.6) is 5.75 Å². The Labute approximate surface area is 205 Å². The summed E-state index contributed by atoms with van der Waals surface area (Å²) >= 11 is 0. The number of halogens is 7. The van der Waals surface area contributed by atoms with Crippen LogP contribution >= 0.6 is 0 Å². The summed E-state index contributed by atoms with van der Waals surface area (Å²) in [6, 6.07) is 2.39. The fraction of sp³-hybridized carbons (Fsp3) is 0.435. The molecule has 1 aliphatic rings. The summed E-state index contributed by atoms with van der Waals surface area (Å²) in [5, 5.41) is 2.33. The number of anilines is 1.